The van der Waals surface area contributed by atoms with Gasteiger partial charge in [-0.3, -0.25) is 0 Å². The van der Waals surface area contributed by atoms with E-state index in [0.29, 0.717) is 5.92 Å². The third kappa shape index (κ3) is 7.18. The Labute approximate surface area is 152 Å². The number of piperidine rings is 1. The summed E-state index contributed by atoms with van der Waals surface area (Å²) < 4.78 is 5.75. The maximum absolute atomic E-state index is 5.75. The number of thiocarbonyl (C=S) groups is 1. The molecule has 0 radical (unpaired) electrons. The van der Waals surface area contributed by atoms with Crippen LogP contribution < -0.4 is 10.1 Å². The van der Waals surface area contributed by atoms with Crippen LogP contribution >= 0.6 is 12.2 Å². The molecule has 0 bridgehead atoms. The molecule has 134 valence electrons. The summed E-state index contributed by atoms with van der Waals surface area (Å²) in [6.07, 6.45) is 6.35. The van der Waals surface area contributed by atoms with Gasteiger partial charge in [0.25, 0.3) is 0 Å². The van der Waals surface area contributed by atoms with Crippen LogP contribution in [0.1, 0.15) is 51.5 Å². The highest BCUT2D eigenvalue weighted by molar-refractivity contribution is 7.80. The van der Waals surface area contributed by atoms with Gasteiger partial charge in [0.05, 0.1) is 6.61 Å². The second-order valence-corrected chi connectivity index (χ2v) is 7.48. The van der Waals surface area contributed by atoms with Gasteiger partial charge in [-0.2, -0.15) is 0 Å². The molecule has 1 saturated heterocycles. The molecule has 3 nitrogen and oxygen atoms in total. The van der Waals surface area contributed by atoms with Crippen molar-refractivity contribution in [1.29, 1.82) is 0 Å². The zero-order chi connectivity index (χ0) is 17.2. The van der Waals surface area contributed by atoms with Gasteiger partial charge in [-0.25, -0.2) is 0 Å². The maximum Gasteiger partial charge on any atom is 0.119 e. The smallest absolute Gasteiger partial charge is 0.119 e. The third-order valence-electron chi connectivity index (χ3n) is 4.47. The molecule has 0 aromatic heterocycles. The van der Waals surface area contributed by atoms with Crippen LogP contribution in [0.5, 0.6) is 5.75 Å². The van der Waals surface area contributed by atoms with Crippen molar-refractivity contribution in [2.75, 3.05) is 32.8 Å². The van der Waals surface area contributed by atoms with Crippen LogP contribution in [0.2, 0.25) is 0 Å². The minimum absolute atomic E-state index is 0.672. The quantitative estimate of drug-likeness (QED) is 0.532. The Morgan fingerprint density at radius 2 is 1.88 bits per heavy atom. The van der Waals surface area contributed by atoms with Crippen LogP contribution in [0.15, 0.2) is 24.3 Å². The second kappa shape index (κ2) is 10.7. The van der Waals surface area contributed by atoms with Gasteiger partial charge < -0.3 is 15.0 Å². The average Bonchev–Trinajstić information content (AvgIpc) is 2.60. The first-order valence-corrected chi connectivity index (χ1v) is 9.79. The van der Waals surface area contributed by atoms with E-state index < -0.39 is 0 Å². The Balaban J connectivity index is 1.64. The maximum atomic E-state index is 5.75. The zero-order valence-corrected chi connectivity index (χ0v) is 16.0. The number of hydrogen-bond donors (Lipinski definition) is 1. The fraction of sp³-hybridized carbons (Fsp3) is 0.650. The van der Waals surface area contributed by atoms with Gasteiger partial charge in [0.1, 0.15) is 10.7 Å². The first kappa shape index (κ1) is 19.2. The Morgan fingerprint density at radius 3 is 2.54 bits per heavy atom. The van der Waals surface area contributed by atoms with E-state index in [1.54, 1.807) is 0 Å². The molecule has 4 heteroatoms. The van der Waals surface area contributed by atoms with Crippen molar-refractivity contribution in [2.24, 2.45) is 5.92 Å². The molecule has 0 amide bonds. The van der Waals surface area contributed by atoms with Crippen molar-refractivity contribution in [3.8, 4) is 5.75 Å². The molecule has 1 aromatic carbocycles. The zero-order valence-electron chi connectivity index (χ0n) is 15.2. The summed E-state index contributed by atoms with van der Waals surface area (Å²) in [6, 6.07) is 8.12. The molecule has 24 heavy (non-hydrogen) atoms. The van der Waals surface area contributed by atoms with Gasteiger partial charge in [-0.05, 0) is 75.5 Å². The Bertz CT molecular complexity index is 481. The van der Waals surface area contributed by atoms with Crippen LogP contribution in [0, 0.1) is 5.92 Å². The van der Waals surface area contributed by atoms with E-state index in [1.807, 2.05) is 24.3 Å². The van der Waals surface area contributed by atoms with E-state index >= 15 is 0 Å². The first-order valence-electron chi connectivity index (χ1n) is 9.38. The SMILES string of the molecule is CC(C)CCOc1ccc(C(=S)NCCCN2CCCCC2)cc1. The minimum Gasteiger partial charge on any atom is -0.494 e. The largest absolute Gasteiger partial charge is 0.494 e. The molecular formula is C20H32N2OS. The number of nitrogens with zero attached hydrogens (tertiary/aromatic N) is 1. The van der Waals surface area contributed by atoms with Gasteiger partial charge in [0.15, 0.2) is 0 Å². The molecular weight excluding hydrogens is 316 g/mol. The van der Waals surface area contributed by atoms with E-state index in [-0.39, 0.29) is 0 Å². The lowest BCUT2D eigenvalue weighted by Gasteiger charge is -2.26. The fourth-order valence-corrected chi connectivity index (χ4v) is 3.14. The second-order valence-electron chi connectivity index (χ2n) is 7.07. The van der Waals surface area contributed by atoms with Crippen molar-refractivity contribution in [3.63, 3.8) is 0 Å². The van der Waals surface area contributed by atoms with Crippen LogP contribution in [-0.2, 0) is 0 Å². The first-order chi connectivity index (χ1) is 11.6. The van der Waals surface area contributed by atoms with Gasteiger partial charge in [-0.1, -0.05) is 32.5 Å². The summed E-state index contributed by atoms with van der Waals surface area (Å²) in [6.45, 7) is 9.85. The molecule has 1 aliphatic rings. The molecule has 2 rings (SSSR count). The van der Waals surface area contributed by atoms with E-state index in [0.717, 1.165) is 42.3 Å². The van der Waals surface area contributed by atoms with Gasteiger partial charge in [0.2, 0.25) is 0 Å². The number of benzene rings is 1. The van der Waals surface area contributed by atoms with Crippen molar-refractivity contribution in [1.82, 2.24) is 10.2 Å². The number of ether oxygens (including phenoxy) is 1. The molecule has 1 N–H and O–H groups in total. The molecule has 1 aliphatic heterocycles. The van der Waals surface area contributed by atoms with Crippen LogP contribution in [0.4, 0.5) is 0 Å². The molecule has 0 unspecified atom stereocenters. The molecule has 1 aromatic rings. The molecule has 0 atom stereocenters. The molecule has 0 aliphatic carbocycles. The monoisotopic (exact) mass is 348 g/mol. The summed E-state index contributed by atoms with van der Waals surface area (Å²) in [5, 5.41) is 3.38. The van der Waals surface area contributed by atoms with Crippen molar-refractivity contribution < 1.29 is 4.74 Å². The number of hydrogen-bond acceptors (Lipinski definition) is 3. The van der Waals surface area contributed by atoms with Gasteiger partial charge >= 0.3 is 0 Å². The molecule has 0 spiro atoms. The molecule has 1 fully saturated rings. The number of nitrogens with one attached hydrogen (secondary N) is 1. The highest BCUT2D eigenvalue weighted by Gasteiger charge is 2.09. The van der Waals surface area contributed by atoms with Gasteiger partial charge in [0, 0.05) is 12.1 Å². The Kier molecular flexibility index (Phi) is 8.54. The van der Waals surface area contributed by atoms with Crippen LogP contribution in [0.3, 0.4) is 0 Å². The summed E-state index contributed by atoms with van der Waals surface area (Å²) in [5.41, 5.74) is 1.07. The Morgan fingerprint density at radius 1 is 1.17 bits per heavy atom. The Hall–Kier alpha value is -1.13. The van der Waals surface area contributed by atoms with E-state index in [2.05, 4.69) is 24.1 Å². The molecule has 0 saturated carbocycles. The fourth-order valence-electron chi connectivity index (χ4n) is 2.90. The van der Waals surface area contributed by atoms with Crippen molar-refractivity contribution in [3.05, 3.63) is 29.8 Å². The predicted molar refractivity (Wildman–Crippen MR) is 106 cm³/mol. The number of likely N-dealkylation sites (tertiary alicyclic amines) is 1. The van der Waals surface area contributed by atoms with Crippen LogP contribution in [0.25, 0.3) is 0 Å². The lowest BCUT2D eigenvalue weighted by atomic mass is 10.1. The topological polar surface area (TPSA) is 24.5 Å². The third-order valence-corrected chi connectivity index (χ3v) is 4.85. The standard InChI is InChI=1S/C20H32N2OS/c1-17(2)11-16-23-19-9-7-18(8-10-19)20(24)21-12-6-15-22-13-4-3-5-14-22/h7-10,17H,3-6,11-16H2,1-2H3,(H,21,24). The summed E-state index contributed by atoms with van der Waals surface area (Å²) in [4.78, 5) is 3.40. The van der Waals surface area contributed by atoms with Gasteiger partial charge in [-0.15, -0.1) is 0 Å². The minimum atomic E-state index is 0.672. The lowest BCUT2D eigenvalue weighted by molar-refractivity contribution is 0.227. The molecule has 1 heterocycles. The summed E-state index contributed by atoms with van der Waals surface area (Å²) >= 11 is 5.49. The number of rotatable bonds is 9. The van der Waals surface area contributed by atoms with E-state index in [9.17, 15) is 0 Å². The van der Waals surface area contributed by atoms with E-state index in [1.165, 1.54) is 38.9 Å². The van der Waals surface area contributed by atoms with E-state index in [4.69, 9.17) is 17.0 Å². The summed E-state index contributed by atoms with van der Waals surface area (Å²) in [5.74, 6) is 1.60. The highest BCUT2D eigenvalue weighted by atomic mass is 32.1. The van der Waals surface area contributed by atoms with Crippen LogP contribution in [-0.4, -0.2) is 42.7 Å². The lowest BCUT2D eigenvalue weighted by Crippen LogP contribution is -2.33. The average molecular weight is 349 g/mol. The normalized spacial score (nSPS) is 15.5. The summed E-state index contributed by atoms with van der Waals surface area (Å²) in [7, 11) is 0. The highest BCUT2D eigenvalue weighted by Crippen LogP contribution is 2.14. The van der Waals surface area contributed by atoms with Crippen molar-refractivity contribution in [2.45, 2.75) is 46.0 Å². The van der Waals surface area contributed by atoms with Crippen molar-refractivity contribution >= 4 is 17.2 Å². The predicted octanol–water partition coefficient (Wildman–Crippen LogP) is 4.25.